The molecule has 17 heavy (non-hydrogen) atoms. The predicted molar refractivity (Wildman–Crippen MR) is 63.0 cm³/mol. The Hall–Kier alpha value is -1.14. The van der Waals surface area contributed by atoms with E-state index in [0.717, 1.165) is 6.42 Å². The number of hydrogen-bond acceptors (Lipinski definition) is 5. The van der Waals surface area contributed by atoms with E-state index in [1.54, 1.807) is 13.8 Å². The maximum absolute atomic E-state index is 10.5. The van der Waals surface area contributed by atoms with E-state index in [1.165, 1.54) is 7.11 Å². The Kier molecular flexibility index (Phi) is 9.60. The molecule has 0 rings (SSSR count). The lowest BCUT2D eigenvalue weighted by atomic mass is 10.1. The van der Waals surface area contributed by atoms with Gasteiger partial charge in [-0.15, -0.1) is 0 Å². The van der Waals surface area contributed by atoms with Crippen LogP contribution < -0.4 is 5.73 Å². The summed E-state index contributed by atoms with van der Waals surface area (Å²) in [5.74, 6) is -1.19. The van der Waals surface area contributed by atoms with Gasteiger partial charge in [-0.25, -0.2) is 0 Å². The second-order valence-corrected chi connectivity index (χ2v) is 4.27. The minimum Gasteiger partial charge on any atom is -0.469 e. The lowest BCUT2D eigenvalue weighted by Crippen LogP contribution is -2.22. The number of nitrogens with two attached hydrogens (primary N) is 1. The molecular weight excluding hydrogens is 226 g/mol. The summed E-state index contributed by atoms with van der Waals surface area (Å²) in [4.78, 5) is 20.7. The molecular formula is C11H23NO5. The highest BCUT2D eigenvalue weighted by Gasteiger charge is 2.12. The van der Waals surface area contributed by atoms with Crippen molar-refractivity contribution in [2.45, 2.75) is 51.7 Å². The highest BCUT2D eigenvalue weighted by Crippen LogP contribution is 2.03. The smallest absolute Gasteiger partial charge is 0.308 e. The lowest BCUT2D eigenvalue weighted by Gasteiger charge is -2.11. The molecule has 0 bridgehead atoms. The highest BCUT2D eigenvalue weighted by molar-refractivity contribution is 5.76. The Morgan fingerprint density at radius 3 is 2.00 bits per heavy atom. The summed E-state index contributed by atoms with van der Waals surface area (Å²) >= 11 is 0. The van der Waals surface area contributed by atoms with Crippen LogP contribution in [0, 0.1) is 0 Å². The van der Waals surface area contributed by atoms with Crippen molar-refractivity contribution in [3.8, 4) is 0 Å². The predicted octanol–water partition coefficient (Wildman–Crippen LogP) is -0.0469. The van der Waals surface area contributed by atoms with E-state index in [2.05, 4.69) is 4.74 Å². The van der Waals surface area contributed by atoms with Crippen LogP contribution in [0.25, 0.3) is 0 Å². The van der Waals surface area contributed by atoms with Crippen LogP contribution in [0.2, 0.25) is 0 Å². The molecule has 6 nitrogen and oxygen atoms in total. The quantitative estimate of drug-likeness (QED) is 0.592. The van der Waals surface area contributed by atoms with E-state index in [0.29, 0.717) is 0 Å². The zero-order chi connectivity index (χ0) is 14.1. The average Bonchev–Trinajstić information content (AvgIpc) is 2.16. The summed E-state index contributed by atoms with van der Waals surface area (Å²) in [6, 6.07) is 0. The van der Waals surface area contributed by atoms with Gasteiger partial charge in [0.05, 0.1) is 31.7 Å². The maximum Gasteiger partial charge on any atom is 0.308 e. The standard InChI is InChI=1S/C6H11NO4.C5H12O/c1-11-6(10)3-4(8)2-5(7)9;1-4-5(2,3)6/h4,8H,2-3H2,1H3,(H2,7,9);6H,4H2,1-3H3/t4-;/m0./s1. The van der Waals surface area contributed by atoms with Crippen molar-refractivity contribution in [2.24, 2.45) is 5.73 Å². The van der Waals surface area contributed by atoms with Gasteiger partial charge in [-0.05, 0) is 20.3 Å². The molecule has 1 atom stereocenters. The van der Waals surface area contributed by atoms with Gasteiger partial charge in [0.1, 0.15) is 0 Å². The van der Waals surface area contributed by atoms with E-state index in [4.69, 9.17) is 15.9 Å². The van der Waals surface area contributed by atoms with Crippen molar-refractivity contribution in [2.75, 3.05) is 7.11 Å². The van der Waals surface area contributed by atoms with Gasteiger partial charge in [0.2, 0.25) is 5.91 Å². The fourth-order valence-corrected chi connectivity index (χ4v) is 0.580. The van der Waals surface area contributed by atoms with Crippen LogP contribution in [0.15, 0.2) is 0 Å². The summed E-state index contributed by atoms with van der Waals surface area (Å²) in [6.07, 6.45) is -0.610. The first kappa shape index (κ1) is 18.2. The summed E-state index contributed by atoms with van der Waals surface area (Å²) in [5.41, 5.74) is 4.30. The zero-order valence-electron chi connectivity index (χ0n) is 10.9. The summed E-state index contributed by atoms with van der Waals surface area (Å²) < 4.78 is 4.25. The fraction of sp³-hybridized carbons (Fsp3) is 0.818. The second kappa shape index (κ2) is 8.95. The maximum atomic E-state index is 10.5. The van der Waals surface area contributed by atoms with Gasteiger partial charge in [0, 0.05) is 0 Å². The summed E-state index contributed by atoms with van der Waals surface area (Å²) in [5, 5.41) is 17.7. The van der Waals surface area contributed by atoms with Gasteiger partial charge in [0.15, 0.2) is 0 Å². The molecule has 0 unspecified atom stereocenters. The third-order valence-electron chi connectivity index (χ3n) is 1.93. The number of methoxy groups -OCH3 is 1. The van der Waals surface area contributed by atoms with Crippen LogP contribution in [-0.2, 0) is 14.3 Å². The number of hydrogen-bond donors (Lipinski definition) is 3. The largest absolute Gasteiger partial charge is 0.469 e. The molecule has 1 amide bonds. The van der Waals surface area contributed by atoms with Crippen molar-refractivity contribution >= 4 is 11.9 Å². The zero-order valence-corrected chi connectivity index (χ0v) is 10.9. The molecule has 0 fully saturated rings. The van der Waals surface area contributed by atoms with E-state index in [-0.39, 0.29) is 12.8 Å². The average molecular weight is 249 g/mol. The third-order valence-corrected chi connectivity index (χ3v) is 1.93. The van der Waals surface area contributed by atoms with E-state index < -0.39 is 23.6 Å². The molecule has 102 valence electrons. The number of rotatable bonds is 5. The molecule has 0 aliphatic heterocycles. The number of amides is 1. The Balaban J connectivity index is 0. The first-order valence-electron chi connectivity index (χ1n) is 5.38. The number of aliphatic hydroxyl groups excluding tert-OH is 1. The highest BCUT2D eigenvalue weighted by atomic mass is 16.5. The van der Waals surface area contributed by atoms with Crippen molar-refractivity contribution in [3.05, 3.63) is 0 Å². The van der Waals surface area contributed by atoms with Gasteiger partial charge in [0.25, 0.3) is 0 Å². The summed E-state index contributed by atoms with van der Waals surface area (Å²) in [7, 11) is 1.21. The number of ether oxygens (including phenoxy) is 1. The number of esters is 1. The van der Waals surface area contributed by atoms with Crippen LogP contribution in [0.4, 0.5) is 0 Å². The van der Waals surface area contributed by atoms with Crippen LogP contribution in [0.1, 0.15) is 40.0 Å². The van der Waals surface area contributed by atoms with E-state index in [1.807, 2.05) is 6.92 Å². The van der Waals surface area contributed by atoms with Crippen molar-refractivity contribution in [1.29, 1.82) is 0 Å². The molecule has 0 spiro atoms. The third kappa shape index (κ3) is 17.5. The molecule has 0 aromatic carbocycles. The minimum atomic E-state index is -1.03. The second-order valence-electron chi connectivity index (χ2n) is 4.27. The molecule has 0 aromatic rings. The van der Waals surface area contributed by atoms with Crippen molar-refractivity contribution in [1.82, 2.24) is 0 Å². The van der Waals surface area contributed by atoms with Crippen molar-refractivity contribution in [3.63, 3.8) is 0 Å². The van der Waals surface area contributed by atoms with Gasteiger partial charge >= 0.3 is 5.97 Å². The monoisotopic (exact) mass is 249 g/mol. The molecule has 0 aromatic heterocycles. The molecule has 0 aliphatic carbocycles. The fourth-order valence-electron chi connectivity index (χ4n) is 0.580. The van der Waals surface area contributed by atoms with Crippen LogP contribution in [0.5, 0.6) is 0 Å². The van der Waals surface area contributed by atoms with Crippen LogP contribution in [0.3, 0.4) is 0 Å². The van der Waals surface area contributed by atoms with Gasteiger partial charge in [-0.2, -0.15) is 0 Å². The Labute approximate surface area is 102 Å². The van der Waals surface area contributed by atoms with Gasteiger partial charge in [-0.3, -0.25) is 9.59 Å². The number of carbonyl (C=O) groups is 2. The number of aliphatic hydroxyl groups is 2. The first-order valence-corrected chi connectivity index (χ1v) is 5.38. The van der Waals surface area contributed by atoms with Gasteiger partial charge < -0.3 is 20.7 Å². The molecule has 0 saturated carbocycles. The Morgan fingerprint density at radius 1 is 1.35 bits per heavy atom. The van der Waals surface area contributed by atoms with E-state index in [9.17, 15) is 9.59 Å². The SMILES string of the molecule is CCC(C)(C)O.COC(=O)C[C@@H](O)CC(N)=O. The van der Waals surface area contributed by atoms with Crippen LogP contribution in [-0.4, -0.2) is 40.9 Å². The molecule has 0 heterocycles. The van der Waals surface area contributed by atoms with E-state index >= 15 is 0 Å². The molecule has 0 aliphatic rings. The topological polar surface area (TPSA) is 110 Å². The molecule has 0 saturated heterocycles. The lowest BCUT2D eigenvalue weighted by molar-refractivity contribution is -0.143. The summed E-state index contributed by atoms with van der Waals surface area (Å²) in [6.45, 7) is 5.56. The Morgan fingerprint density at radius 2 is 1.76 bits per heavy atom. The molecule has 0 radical (unpaired) electrons. The Bertz CT molecular complexity index is 235. The molecule has 4 N–H and O–H groups in total. The van der Waals surface area contributed by atoms with Crippen LogP contribution >= 0.6 is 0 Å². The first-order chi connectivity index (χ1) is 7.62. The number of carbonyl (C=O) groups excluding carboxylic acids is 2. The number of primary amides is 1. The molecule has 6 heteroatoms. The minimum absolute atomic E-state index is 0.195. The van der Waals surface area contributed by atoms with Crippen molar-refractivity contribution < 1.29 is 24.5 Å². The van der Waals surface area contributed by atoms with Gasteiger partial charge in [-0.1, -0.05) is 6.92 Å². The normalized spacial score (nSPS) is 12.1.